The van der Waals surface area contributed by atoms with Crippen molar-refractivity contribution < 1.29 is 14.9 Å². The van der Waals surface area contributed by atoms with Crippen LogP contribution in [0, 0.1) is 5.41 Å². The summed E-state index contributed by atoms with van der Waals surface area (Å²) in [5.74, 6) is 0.496. The fourth-order valence-electron chi connectivity index (χ4n) is 2.70. The number of phenols is 1. The maximum absolute atomic E-state index is 10.9. The molecule has 1 fully saturated rings. The van der Waals surface area contributed by atoms with Gasteiger partial charge in [0.05, 0.1) is 5.60 Å². The molecule has 0 amide bonds. The molecule has 2 N–H and O–H groups in total. The van der Waals surface area contributed by atoms with Crippen LogP contribution in [-0.2, 0) is 5.60 Å². The molecule has 1 aliphatic carbocycles. The lowest BCUT2D eigenvalue weighted by Crippen LogP contribution is -2.34. The molecule has 2 rings (SSSR count). The second-order valence-corrected chi connectivity index (χ2v) is 6.48. The Hall–Kier alpha value is -1.48. The summed E-state index contributed by atoms with van der Waals surface area (Å²) in [6, 6.07) is 5.12. The van der Waals surface area contributed by atoms with E-state index in [1.807, 2.05) is 0 Å². The van der Waals surface area contributed by atoms with E-state index < -0.39 is 5.60 Å². The van der Waals surface area contributed by atoms with E-state index in [1.165, 1.54) is 0 Å². The van der Waals surface area contributed by atoms with Gasteiger partial charge < -0.3 is 14.9 Å². The first-order valence-corrected chi connectivity index (χ1v) is 7.16. The standard InChI is InChI=1S/C17H24O3/c1-4-11-20-15-12-13(5-6-14(15)18)17(19)9-7-16(2,3)8-10-17/h4-6,12,18-19H,1,7-11H2,2-3H3. The van der Waals surface area contributed by atoms with Crippen molar-refractivity contribution in [3.05, 3.63) is 36.4 Å². The van der Waals surface area contributed by atoms with Crippen LogP contribution in [0.2, 0.25) is 0 Å². The first kappa shape index (κ1) is 14.9. The Morgan fingerprint density at radius 2 is 1.90 bits per heavy atom. The molecule has 0 bridgehead atoms. The van der Waals surface area contributed by atoms with E-state index in [4.69, 9.17) is 4.74 Å². The third-order valence-corrected chi connectivity index (χ3v) is 4.28. The molecule has 0 aliphatic heterocycles. The smallest absolute Gasteiger partial charge is 0.161 e. The van der Waals surface area contributed by atoms with Gasteiger partial charge in [-0.25, -0.2) is 0 Å². The number of aliphatic hydroxyl groups is 1. The molecule has 0 heterocycles. The van der Waals surface area contributed by atoms with E-state index in [9.17, 15) is 10.2 Å². The Balaban J connectivity index is 2.22. The second kappa shape index (κ2) is 5.49. The molecular formula is C17H24O3. The number of hydrogen-bond acceptors (Lipinski definition) is 3. The van der Waals surface area contributed by atoms with Crippen LogP contribution in [0.15, 0.2) is 30.9 Å². The van der Waals surface area contributed by atoms with Crippen LogP contribution >= 0.6 is 0 Å². The molecule has 3 nitrogen and oxygen atoms in total. The molecule has 0 radical (unpaired) electrons. The summed E-state index contributed by atoms with van der Waals surface area (Å²) in [6.07, 6.45) is 5.10. The van der Waals surface area contributed by atoms with Crippen molar-refractivity contribution in [3.63, 3.8) is 0 Å². The van der Waals surface area contributed by atoms with Crippen LogP contribution in [0.1, 0.15) is 45.1 Å². The van der Waals surface area contributed by atoms with E-state index in [0.29, 0.717) is 17.8 Å². The largest absolute Gasteiger partial charge is 0.504 e. The summed E-state index contributed by atoms with van der Waals surface area (Å²) in [5, 5.41) is 20.6. The number of rotatable bonds is 4. The first-order chi connectivity index (χ1) is 9.36. The van der Waals surface area contributed by atoms with E-state index in [2.05, 4.69) is 20.4 Å². The van der Waals surface area contributed by atoms with Crippen LogP contribution in [0.4, 0.5) is 0 Å². The molecule has 0 saturated heterocycles. The lowest BCUT2D eigenvalue weighted by Gasteiger charge is -2.40. The van der Waals surface area contributed by atoms with Gasteiger partial charge in [0, 0.05) is 0 Å². The molecule has 1 aromatic carbocycles. The van der Waals surface area contributed by atoms with E-state index >= 15 is 0 Å². The van der Waals surface area contributed by atoms with Crippen LogP contribution in [-0.4, -0.2) is 16.8 Å². The lowest BCUT2D eigenvalue weighted by molar-refractivity contribution is -0.0307. The number of aromatic hydroxyl groups is 1. The molecule has 1 saturated carbocycles. The Bertz CT molecular complexity index is 481. The summed E-state index contributed by atoms with van der Waals surface area (Å²) >= 11 is 0. The minimum atomic E-state index is -0.810. The van der Waals surface area contributed by atoms with Crippen LogP contribution in [0.3, 0.4) is 0 Å². The molecule has 110 valence electrons. The third-order valence-electron chi connectivity index (χ3n) is 4.28. The molecular weight excluding hydrogens is 252 g/mol. The Labute approximate surface area is 120 Å². The van der Waals surface area contributed by atoms with Crippen LogP contribution in [0.25, 0.3) is 0 Å². The van der Waals surface area contributed by atoms with Crippen molar-refractivity contribution in [3.8, 4) is 11.5 Å². The first-order valence-electron chi connectivity index (χ1n) is 7.16. The normalized spacial score (nSPS) is 20.4. The average molecular weight is 276 g/mol. The van der Waals surface area contributed by atoms with Gasteiger partial charge in [-0.15, -0.1) is 0 Å². The van der Waals surface area contributed by atoms with Crippen molar-refractivity contribution >= 4 is 0 Å². The molecule has 1 aliphatic rings. The summed E-state index contributed by atoms with van der Waals surface area (Å²) < 4.78 is 5.42. The van der Waals surface area contributed by atoms with Gasteiger partial charge in [-0.3, -0.25) is 0 Å². The van der Waals surface area contributed by atoms with Gasteiger partial charge in [-0.1, -0.05) is 32.6 Å². The predicted molar refractivity (Wildman–Crippen MR) is 79.9 cm³/mol. The summed E-state index contributed by atoms with van der Waals surface area (Å²) in [7, 11) is 0. The number of benzene rings is 1. The quantitative estimate of drug-likeness (QED) is 0.824. The van der Waals surface area contributed by atoms with E-state index in [-0.39, 0.29) is 5.75 Å². The Morgan fingerprint density at radius 3 is 2.50 bits per heavy atom. The van der Waals surface area contributed by atoms with E-state index in [1.54, 1.807) is 24.3 Å². The zero-order valence-electron chi connectivity index (χ0n) is 12.4. The fourth-order valence-corrected chi connectivity index (χ4v) is 2.70. The zero-order valence-corrected chi connectivity index (χ0v) is 12.4. The summed E-state index contributed by atoms with van der Waals surface area (Å²) in [6.45, 7) is 8.40. The molecule has 0 atom stereocenters. The Kier molecular flexibility index (Phi) is 4.09. The van der Waals surface area contributed by atoms with Crippen LogP contribution in [0.5, 0.6) is 11.5 Å². The second-order valence-electron chi connectivity index (χ2n) is 6.48. The Morgan fingerprint density at radius 1 is 1.25 bits per heavy atom. The number of hydrogen-bond donors (Lipinski definition) is 2. The van der Waals surface area contributed by atoms with Crippen LogP contribution < -0.4 is 4.74 Å². The van der Waals surface area contributed by atoms with Crippen molar-refractivity contribution in [1.82, 2.24) is 0 Å². The number of ether oxygens (including phenoxy) is 1. The van der Waals surface area contributed by atoms with Gasteiger partial charge in [0.1, 0.15) is 6.61 Å². The highest BCUT2D eigenvalue weighted by molar-refractivity contribution is 5.43. The minimum absolute atomic E-state index is 0.0929. The lowest BCUT2D eigenvalue weighted by atomic mass is 9.69. The van der Waals surface area contributed by atoms with Crippen molar-refractivity contribution in [2.75, 3.05) is 6.61 Å². The molecule has 0 unspecified atom stereocenters. The highest BCUT2D eigenvalue weighted by Crippen LogP contribution is 2.46. The summed E-state index contributed by atoms with van der Waals surface area (Å²) in [4.78, 5) is 0. The average Bonchev–Trinajstić information content (AvgIpc) is 2.41. The van der Waals surface area contributed by atoms with Crippen molar-refractivity contribution in [1.29, 1.82) is 0 Å². The monoisotopic (exact) mass is 276 g/mol. The minimum Gasteiger partial charge on any atom is -0.504 e. The topological polar surface area (TPSA) is 49.7 Å². The molecule has 3 heteroatoms. The van der Waals surface area contributed by atoms with Gasteiger partial charge in [0.15, 0.2) is 11.5 Å². The van der Waals surface area contributed by atoms with Crippen molar-refractivity contribution in [2.24, 2.45) is 5.41 Å². The van der Waals surface area contributed by atoms with Gasteiger partial charge in [0.2, 0.25) is 0 Å². The van der Waals surface area contributed by atoms with Gasteiger partial charge in [-0.05, 0) is 48.8 Å². The highest BCUT2D eigenvalue weighted by Gasteiger charge is 2.38. The predicted octanol–water partition coefficient (Wildman–Crippen LogP) is 3.74. The summed E-state index contributed by atoms with van der Waals surface area (Å²) in [5.41, 5.74) is 0.311. The van der Waals surface area contributed by atoms with Crippen molar-refractivity contribution in [2.45, 2.75) is 45.1 Å². The zero-order chi connectivity index (χ0) is 14.8. The maximum atomic E-state index is 10.9. The SMILES string of the molecule is C=CCOc1cc(C2(O)CCC(C)(C)CC2)ccc1O. The fraction of sp³-hybridized carbons (Fsp3) is 0.529. The molecule has 0 spiro atoms. The van der Waals surface area contributed by atoms with E-state index in [0.717, 1.165) is 31.2 Å². The molecule has 20 heavy (non-hydrogen) atoms. The molecule has 0 aromatic heterocycles. The highest BCUT2D eigenvalue weighted by atomic mass is 16.5. The van der Waals surface area contributed by atoms with Gasteiger partial charge >= 0.3 is 0 Å². The maximum Gasteiger partial charge on any atom is 0.161 e. The van der Waals surface area contributed by atoms with Gasteiger partial charge in [0.25, 0.3) is 0 Å². The number of phenolic OH excluding ortho intramolecular Hbond substituents is 1. The third kappa shape index (κ3) is 3.15. The van der Waals surface area contributed by atoms with Gasteiger partial charge in [-0.2, -0.15) is 0 Å². The molecule has 1 aromatic rings.